The highest BCUT2D eigenvalue weighted by Crippen LogP contribution is 2.27. The maximum absolute atomic E-state index is 9.76. The molecule has 0 spiro atoms. The van der Waals surface area contributed by atoms with Crippen LogP contribution >= 0.6 is 0 Å². The molecule has 2 heteroatoms. The molecule has 1 aromatic heterocycles. The summed E-state index contributed by atoms with van der Waals surface area (Å²) in [6, 6.07) is 9.61. The Morgan fingerprint density at radius 2 is 1.88 bits per heavy atom. The molecule has 0 aliphatic rings. The van der Waals surface area contributed by atoms with Crippen LogP contribution in [0.5, 0.6) is 5.75 Å². The van der Waals surface area contributed by atoms with Gasteiger partial charge in [0.25, 0.3) is 0 Å². The van der Waals surface area contributed by atoms with Gasteiger partial charge in [-0.05, 0) is 25.0 Å². The van der Waals surface area contributed by atoms with Gasteiger partial charge in [-0.25, -0.2) is 4.98 Å². The summed E-state index contributed by atoms with van der Waals surface area (Å²) in [5, 5.41) is 10.8. The maximum atomic E-state index is 9.76. The van der Waals surface area contributed by atoms with E-state index in [-0.39, 0.29) is 5.75 Å². The van der Waals surface area contributed by atoms with E-state index in [1.54, 1.807) is 6.07 Å². The van der Waals surface area contributed by atoms with Crippen LogP contribution in [0.2, 0.25) is 0 Å². The third-order valence-corrected chi connectivity index (χ3v) is 3.12. The van der Waals surface area contributed by atoms with Gasteiger partial charge in [0.05, 0.1) is 0 Å². The zero-order chi connectivity index (χ0) is 11.5. The normalized spacial score (nSPS) is 11.2. The molecule has 0 aliphatic carbocycles. The number of pyridine rings is 1. The van der Waals surface area contributed by atoms with Crippen LogP contribution in [-0.2, 0) is 0 Å². The number of fused-ring (bicyclic) bond motifs is 1. The van der Waals surface area contributed by atoms with Crippen molar-refractivity contribution in [1.82, 2.24) is 4.98 Å². The van der Waals surface area contributed by atoms with E-state index in [9.17, 15) is 5.11 Å². The third kappa shape index (κ3) is 1.87. The molecule has 1 aromatic carbocycles. The van der Waals surface area contributed by atoms with Gasteiger partial charge in [0, 0.05) is 17.0 Å². The van der Waals surface area contributed by atoms with E-state index in [0.717, 1.165) is 23.9 Å². The number of para-hydroxylation sites is 1. The van der Waals surface area contributed by atoms with Crippen LogP contribution in [-0.4, -0.2) is 10.1 Å². The summed E-state index contributed by atoms with van der Waals surface area (Å²) in [4.78, 5) is 4.57. The Hall–Kier alpha value is -1.57. The van der Waals surface area contributed by atoms with Gasteiger partial charge in [0.1, 0.15) is 11.3 Å². The second kappa shape index (κ2) is 4.52. The molecular weight excluding hydrogens is 198 g/mol. The molecule has 2 aromatic rings. The van der Waals surface area contributed by atoms with Crippen LogP contribution in [0.25, 0.3) is 10.9 Å². The molecule has 0 saturated heterocycles. The van der Waals surface area contributed by atoms with E-state index in [1.807, 2.05) is 18.2 Å². The van der Waals surface area contributed by atoms with Gasteiger partial charge in [0.2, 0.25) is 0 Å². The SMILES string of the molecule is CCC(CC)c1ccc2cccc(O)c2n1. The fraction of sp³-hybridized carbons (Fsp3) is 0.357. The van der Waals surface area contributed by atoms with Crippen molar-refractivity contribution in [2.75, 3.05) is 0 Å². The van der Waals surface area contributed by atoms with Crippen LogP contribution in [0.3, 0.4) is 0 Å². The minimum Gasteiger partial charge on any atom is -0.506 e. The van der Waals surface area contributed by atoms with Crippen LogP contribution in [0.15, 0.2) is 30.3 Å². The lowest BCUT2D eigenvalue weighted by molar-refractivity contribution is 0.480. The number of hydrogen-bond donors (Lipinski definition) is 1. The van der Waals surface area contributed by atoms with Gasteiger partial charge < -0.3 is 5.11 Å². The molecule has 0 saturated carbocycles. The van der Waals surface area contributed by atoms with Gasteiger partial charge >= 0.3 is 0 Å². The summed E-state index contributed by atoms with van der Waals surface area (Å²) in [7, 11) is 0. The molecule has 84 valence electrons. The van der Waals surface area contributed by atoms with Gasteiger partial charge in [-0.3, -0.25) is 0 Å². The standard InChI is InChI=1S/C14H17NO/c1-3-10(4-2)12-9-8-11-6-5-7-13(16)14(11)15-12/h5-10,16H,3-4H2,1-2H3. The molecule has 0 radical (unpaired) electrons. The summed E-state index contributed by atoms with van der Waals surface area (Å²) >= 11 is 0. The molecule has 0 bridgehead atoms. The first-order chi connectivity index (χ1) is 7.76. The fourth-order valence-electron chi connectivity index (χ4n) is 2.08. The Morgan fingerprint density at radius 3 is 2.56 bits per heavy atom. The van der Waals surface area contributed by atoms with E-state index < -0.39 is 0 Å². The minimum atomic E-state index is 0.269. The molecule has 16 heavy (non-hydrogen) atoms. The van der Waals surface area contributed by atoms with Crippen LogP contribution in [0.4, 0.5) is 0 Å². The Bertz CT molecular complexity index is 489. The molecule has 1 N–H and O–H groups in total. The number of phenolic OH excluding ortho intramolecular Hbond substituents is 1. The van der Waals surface area contributed by atoms with Crippen molar-refractivity contribution in [2.24, 2.45) is 0 Å². The second-order valence-corrected chi connectivity index (χ2v) is 4.10. The summed E-state index contributed by atoms with van der Waals surface area (Å²) < 4.78 is 0. The van der Waals surface area contributed by atoms with Crippen molar-refractivity contribution in [1.29, 1.82) is 0 Å². The molecule has 1 heterocycles. The second-order valence-electron chi connectivity index (χ2n) is 4.10. The smallest absolute Gasteiger partial charge is 0.141 e. The van der Waals surface area contributed by atoms with Crippen LogP contribution in [0, 0.1) is 0 Å². The lowest BCUT2D eigenvalue weighted by Gasteiger charge is -2.12. The molecule has 2 rings (SSSR count). The molecular formula is C14H17NO. The van der Waals surface area contributed by atoms with Gasteiger partial charge in [-0.2, -0.15) is 0 Å². The maximum Gasteiger partial charge on any atom is 0.141 e. The molecule has 0 aliphatic heterocycles. The van der Waals surface area contributed by atoms with Crippen molar-refractivity contribution < 1.29 is 5.11 Å². The largest absolute Gasteiger partial charge is 0.506 e. The zero-order valence-corrected chi connectivity index (χ0v) is 9.77. The zero-order valence-electron chi connectivity index (χ0n) is 9.77. The van der Waals surface area contributed by atoms with Crippen molar-refractivity contribution in [2.45, 2.75) is 32.6 Å². The number of aromatic hydroxyl groups is 1. The van der Waals surface area contributed by atoms with Crippen molar-refractivity contribution in [3.05, 3.63) is 36.0 Å². The van der Waals surface area contributed by atoms with E-state index in [2.05, 4.69) is 24.9 Å². The molecule has 0 unspecified atom stereocenters. The summed E-state index contributed by atoms with van der Waals surface area (Å²) in [6.07, 6.45) is 2.17. The first kappa shape index (κ1) is 10.9. The number of phenols is 1. The van der Waals surface area contributed by atoms with E-state index >= 15 is 0 Å². The Balaban J connectivity index is 2.54. The van der Waals surface area contributed by atoms with Gasteiger partial charge in [-0.1, -0.05) is 32.0 Å². The van der Waals surface area contributed by atoms with Crippen LogP contribution < -0.4 is 0 Å². The van der Waals surface area contributed by atoms with E-state index in [1.165, 1.54) is 0 Å². The predicted octanol–water partition coefficient (Wildman–Crippen LogP) is 3.84. The molecule has 0 atom stereocenters. The lowest BCUT2D eigenvalue weighted by atomic mass is 9.98. The Morgan fingerprint density at radius 1 is 1.12 bits per heavy atom. The summed E-state index contributed by atoms with van der Waals surface area (Å²) in [6.45, 7) is 4.34. The quantitative estimate of drug-likeness (QED) is 0.843. The van der Waals surface area contributed by atoms with E-state index in [0.29, 0.717) is 11.4 Å². The molecule has 0 amide bonds. The highest BCUT2D eigenvalue weighted by molar-refractivity contribution is 5.84. The highest BCUT2D eigenvalue weighted by Gasteiger charge is 2.10. The minimum absolute atomic E-state index is 0.269. The predicted molar refractivity (Wildman–Crippen MR) is 66.7 cm³/mol. The summed E-state index contributed by atoms with van der Waals surface area (Å²) in [5.74, 6) is 0.759. The van der Waals surface area contributed by atoms with Crippen molar-refractivity contribution in [3.63, 3.8) is 0 Å². The average Bonchev–Trinajstić information content (AvgIpc) is 2.32. The third-order valence-electron chi connectivity index (χ3n) is 3.12. The van der Waals surface area contributed by atoms with Crippen molar-refractivity contribution >= 4 is 10.9 Å². The van der Waals surface area contributed by atoms with Crippen LogP contribution in [0.1, 0.15) is 38.3 Å². The fourth-order valence-corrected chi connectivity index (χ4v) is 2.08. The first-order valence-electron chi connectivity index (χ1n) is 5.84. The molecule has 2 nitrogen and oxygen atoms in total. The number of nitrogens with zero attached hydrogens (tertiary/aromatic N) is 1. The average molecular weight is 215 g/mol. The van der Waals surface area contributed by atoms with Gasteiger partial charge in [-0.15, -0.1) is 0 Å². The topological polar surface area (TPSA) is 33.1 Å². The Kier molecular flexibility index (Phi) is 3.09. The van der Waals surface area contributed by atoms with Gasteiger partial charge in [0.15, 0.2) is 0 Å². The number of hydrogen-bond acceptors (Lipinski definition) is 2. The van der Waals surface area contributed by atoms with Crippen molar-refractivity contribution in [3.8, 4) is 5.75 Å². The molecule has 0 fully saturated rings. The number of aromatic nitrogens is 1. The highest BCUT2D eigenvalue weighted by atomic mass is 16.3. The number of benzene rings is 1. The Labute approximate surface area is 96.0 Å². The lowest BCUT2D eigenvalue weighted by Crippen LogP contribution is -1.98. The summed E-state index contributed by atoms with van der Waals surface area (Å²) in [5.41, 5.74) is 1.80. The first-order valence-corrected chi connectivity index (χ1v) is 5.84. The number of rotatable bonds is 3. The monoisotopic (exact) mass is 215 g/mol. The van der Waals surface area contributed by atoms with E-state index in [4.69, 9.17) is 0 Å².